The maximum Gasteiger partial charge on any atom is 0.253 e. The zero-order valence-corrected chi connectivity index (χ0v) is 15.7. The summed E-state index contributed by atoms with van der Waals surface area (Å²) in [4.78, 5) is 24.1. The number of morpholine rings is 1. The van der Waals surface area contributed by atoms with Crippen LogP contribution in [0.2, 0.25) is 0 Å². The maximum absolute atomic E-state index is 13.3. The normalized spacial score (nSPS) is 24.0. The molecule has 0 unspecified atom stereocenters. The lowest BCUT2D eigenvalue weighted by molar-refractivity contribution is -0.155. The second-order valence-corrected chi connectivity index (χ2v) is 7.13. The number of piperazine rings is 1. The van der Waals surface area contributed by atoms with E-state index < -0.39 is 6.10 Å². The quantitative estimate of drug-likeness (QED) is 0.829. The molecule has 0 aliphatic carbocycles. The standard InChI is InChI=1S/C21H26N4O2/c1-23-15-16-27-20(19(23)17-7-3-2-4-8-17)21(26)25-13-11-24(12-14-25)18-9-5-6-10-22-18/h2-10,19-20H,11-16H2,1H3/t19-,20+/m0/s1. The minimum absolute atomic E-state index is 0.0405. The highest BCUT2D eigenvalue weighted by molar-refractivity contribution is 5.82. The van der Waals surface area contributed by atoms with E-state index in [1.807, 2.05) is 47.5 Å². The Labute approximate surface area is 160 Å². The molecule has 2 aliphatic rings. The first-order valence-electron chi connectivity index (χ1n) is 9.55. The number of hydrogen-bond acceptors (Lipinski definition) is 5. The molecule has 0 radical (unpaired) electrons. The summed E-state index contributed by atoms with van der Waals surface area (Å²) in [5.41, 5.74) is 1.13. The van der Waals surface area contributed by atoms with Gasteiger partial charge in [-0.2, -0.15) is 0 Å². The highest BCUT2D eigenvalue weighted by atomic mass is 16.5. The molecule has 0 spiro atoms. The van der Waals surface area contributed by atoms with Gasteiger partial charge in [-0.05, 0) is 24.7 Å². The van der Waals surface area contributed by atoms with Gasteiger partial charge in [0.1, 0.15) is 5.82 Å². The molecule has 2 saturated heterocycles. The molecule has 27 heavy (non-hydrogen) atoms. The number of carbonyl (C=O) groups excluding carboxylic acids is 1. The Morgan fingerprint density at radius 1 is 1.00 bits per heavy atom. The first-order valence-corrected chi connectivity index (χ1v) is 9.55. The Morgan fingerprint density at radius 2 is 1.74 bits per heavy atom. The number of anilines is 1. The minimum Gasteiger partial charge on any atom is -0.365 e. The highest BCUT2D eigenvalue weighted by Gasteiger charge is 2.39. The fraction of sp³-hybridized carbons (Fsp3) is 0.429. The molecule has 1 aromatic carbocycles. The van der Waals surface area contributed by atoms with Crippen LogP contribution in [0.5, 0.6) is 0 Å². The molecular weight excluding hydrogens is 340 g/mol. The van der Waals surface area contributed by atoms with Crippen LogP contribution in [0.4, 0.5) is 5.82 Å². The Kier molecular flexibility index (Phi) is 5.36. The van der Waals surface area contributed by atoms with Gasteiger partial charge in [0.25, 0.3) is 5.91 Å². The molecule has 142 valence electrons. The summed E-state index contributed by atoms with van der Waals surface area (Å²) in [6, 6.07) is 16.1. The van der Waals surface area contributed by atoms with Gasteiger partial charge in [0.15, 0.2) is 6.10 Å². The van der Waals surface area contributed by atoms with Crippen molar-refractivity contribution in [2.24, 2.45) is 0 Å². The van der Waals surface area contributed by atoms with Crippen molar-refractivity contribution >= 4 is 11.7 Å². The van der Waals surface area contributed by atoms with E-state index in [4.69, 9.17) is 4.74 Å². The van der Waals surface area contributed by atoms with Gasteiger partial charge in [-0.25, -0.2) is 4.98 Å². The smallest absolute Gasteiger partial charge is 0.253 e. The molecular formula is C21H26N4O2. The van der Waals surface area contributed by atoms with Crippen LogP contribution in [0.1, 0.15) is 11.6 Å². The zero-order chi connectivity index (χ0) is 18.6. The summed E-state index contributed by atoms with van der Waals surface area (Å²) >= 11 is 0. The van der Waals surface area contributed by atoms with Crippen molar-refractivity contribution in [1.29, 1.82) is 0 Å². The van der Waals surface area contributed by atoms with Gasteiger partial charge in [-0.3, -0.25) is 9.69 Å². The van der Waals surface area contributed by atoms with E-state index in [2.05, 4.69) is 34.0 Å². The van der Waals surface area contributed by atoms with Gasteiger partial charge in [0.05, 0.1) is 12.6 Å². The fourth-order valence-electron chi connectivity index (χ4n) is 3.95. The molecule has 2 aromatic rings. The zero-order valence-electron chi connectivity index (χ0n) is 15.7. The van der Waals surface area contributed by atoms with Crippen molar-refractivity contribution in [2.45, 2.75) is 12.1 Å². The number of rotatable bonds is 3. The lowest BCUT2D eigenvalue weighted by Gasteiger charge is -2.42. The van der Waals surface area contributed by atoms with Crippen molar-refractivity contribution in [3.8, 4) is 0 Å². The third kappa shape index (κ3) is 3.82. The predicted molar refractivity (Wildman–Crippen MR) is 105 cm³/mol. The number of hydrogen-bond donors (Lipinski definition) is 0. The van der Waals surface area contributed by atoms with Gasteiger partial charge >= 0.3 is 0 Å². The summed E-state index contributed by atoms with van der Waals surface area (Å²) in [5.74, 6) is 1.07. The van der Waals surface area contributed by atoms with E-state index in [1.165, 1.54) is 0 Å². The van der Waals surface area contributed by atoms with E-state index in [0.717, 1.165) is 31.0 Å². The third-order valence-corrected chi connectivity index (χ3v) is 5.45. The van der Waals surface area contributed by atoms with Crippen LogP contribution in [-0.2, 0) is 9.53 Å². The fourth-order valence-corrected chi connectivity index (χ4v) is 3.95. The molecule has 6 heteroatoms. The second kappa shape index (κ2) is 8.06. The number of benzene rings is 1. The molecule has 2 atom stereocenters. The molecule has 0 saturated carbocycles. The number of carbonyl (C=O) groups is 1. The predicted octanol–water partition coefficient (Wildman–Crippen LogP) is 1.80. The van der Waals surface area contributed by atoms with E-state index in [9.17, 15) is 4.79 Å². The van der Waals surface area contributed by atoms with Gasteiger partial charge in [0.2, 0.25) is 0 Å². The van der Waals surface area contributed by atoms with Crippen LogP contribution in [0.3, 0.4) is 0 Å². The number of pyridine rings is 1. The Balaban J connectivity index is 1.45. The van der Waals surface area contributed by atoms with E-state index in [0.29, 0.717) is 19.7 Å². The summed E-state index contributed by atoms with van der Waals surface area (Å²) < 4.78 is 5.98. The average molecular weight is 366 g/mol. The number of ether oxygens (including phenoxy) is 1. The maximum atomic E-state index is 13.3. The van der Waals surface area contributed by atoms with Crippen LogP contribution >= 0.6 is 0 Å². The van der Waals surface area contributed by atoms with Gasteiger partial charge < -0.3 is 14.5 Å². The van der Waals surface area contributed by atoms with Crippen molar-refractivity contribution in [2.75, 3.05) is 51.3 Å². The van der Waals surface area contributed by atoms with Crippen LogP contribution in [0.15, 0.2) is 54.7 Å². The van der Waals surface area contributed by atoms with E-state index >= 15 is 0 Å². The van der Waals surface area contributed by atoms with Crippen molar-refractivity contribution < 1.29 is 9.53 Å². The number of nitrogens with zero attached hydrogens (tertiary/aromatic N) is 4. The van der Waals surface area contributed by atoms with Crippen molar-refractivity contribution in [3.05, 3.63) is 60.3 Å². The van der Waals surface area contributed by atoms with Crippen molar-refractivity contribution in [1.82, 2.24) is 14.8 Å². The van der Waals surface area contributed by atoms with Gasteiger partial charge in [0, 0.05) is 38.9 Å². The Morgan fingerprint density at radius 3 is 2.44 bits per heavy atom. The molecule has 1 aromatic heterocycles. The summed E-state index contributed by atoms with van der Waals surface area (Å²) in [6.07, 6.45) is 1.36. The first-order chi connectivity index (χ1) is 13.2. The Hall–Kier alpha value is -2.44. The largest absolute Gasteiger partial charge is 0.365 e. The molecule has 2 aliphatic heterocycles. The second-order valence-electron chi connectivity index (χ2n) is 7.13. The summed E-state index contributed by atoms with van der Waals surface area (Å²) in [7, 11) is 2.07. The summed E-state index contributed by atoms with van der Waals surface area (Å²) in [6.45, 7) is 4.39. The van der Waals surface area contributed by atoms with E-state index in [-0.39, 0.29) is 11.9 Å². The molecule has 6 nitrogen and oxygen atoms in total. The third-order valence-electron chi connectivity index (χ3n) is 5.45. The molecule has 3 heterocycles. The number of likely N-dealkylation sites (N-methyl/N-ethyl adjacent to an activating group) is 1. The monoisotopic (exact) mass is 366 g/mol. The average Bonchev–Trinajstić information content (AvgIpc) is 2.74. The van der Waals surface area contributed by atoms with Crippen LogP contribution in [0, 0.1) is 0 Å². The van der Waals surface area contributed by atoms with Crippen LogP contribution in [0.25, 0.3) is 0 Å². The summed E-state index contributed by atoms with van der Waals surface area (Å²) in [5, 5.41) is 0. The first kappa shape index (κ1) is 17.9. The SMILES string of the molecule is CN1CCO[C@@H](C(=O)N2CCN(c3ccccn3)CC2)[C@@H]1c1ccccc1. The van der Waals surface area contributed by atoms with Crippen LogP contribution in [-0.4, -0.2) is 73.2 Å². The van der Waals surface area contributed by atoms with E-state index in [1.54, 1.807) is 0 Å². The minimum atomic E-state index is -0.451. The molecule has 0 bridgehead atoms. The van der Waals surface area contributed by atoms with Crippen LogP contribution < -0.4 is 4.90 Å². The van der Waals surface area contributed by atoms with Gasteiger partial charge in [-0.15, -0.1) is 0 Å². The number of amides is 1. The highest BCUT2D eigenvalue weighted by Crippen LogP contribution is 2.29. The molecule has 2 fully saturated rings. The molecule has 1 amide bonds. The Bertz CT molecular complexity index is 747. The number of aromatic nitrogens is 1. The lowest BCUT2D eigenvalue weighted by atomic mass is 9.97. The molecule has 0 N–H and O–H groups in total. The lowest BCUT2D eigenvalue weighted by Crippen LogP contribution is -2.56. The van der Waals surface area contributed by atoms with Gasteiger partial charge in [-0.1, -0.05) is 36.4 Å². The van der Waals surface area contributed by atoms with Crippen molar-refractivity contribution in [3.63, 3.8) is 0 Å². The topological polar surface area (TPSA) is 48.9 Å². The molecule has 4 rings (SSSR count).